The molecule has 4 aromatic carbocycles. The third-order valence-corrected chi connectivity index (χ3v) is 6.16. The number of hydrogen-bond donors (Lipinski definition) is 0. The van der Waals surface area contributed by atoms with Crippen molar-refractivity contribution in [3.63, 3.8) is 0 Å². The average molecular weight is 382 g/mol. The quantitative estimate of drug-likeness (QED) is 0.344. The van der Waals surface area contributed by atoms with Crippen LogP contribution in [0, 0.1) is 0 Å². The molecule has 0 amide bonds. The molecule has 0 N–H and O–H groups in total. The van der Waals surface area contributed by atoms with Crippen molar-refractivity contribution in [2.24, 2.45) is 0 Å². The van der Waals surface area contributed by atoms with Gasteiger partial charge >= 0.3 is 0 Å². The average Bonchev–Trinajstić information content (AvgIpc) is 3.18. The highest BCUT2D eigenvalue weighted by molar-refractivity contribution is 7.99. The number of thioether (sulfide) groups is 1. The Bertz CT molecular complexity index is 1230. The van der Waals surface area contributed by atoms with Crippen molar-refractivity contribution in [2.75, 3.05) is 0 Å². The van der Waals surface area contributed by atoms with Crippen LogP contribution in [0.1, 0.15) is 10.9 Å². The van der Waals surface area contributed by atoms with E-state index in [-0.39, 0.29) is 5.37 Å². The Labute approximate surface area is 168 Å². The Morgan fingerprint density at radius 1 is 0.750 bits per heavy atom. The lowest BCUT2D eigenvalue weighted by Crippen LogP contribution is -2.10. The standard InChI is InChI=1S/C24H19N3S/c1-2-9-18(10-3-1)17-24(27-22-15-7-6-14-21(22)25-26-27)28-23-16-8-12-19-11-4-5-13-20(19)23/h1-16,24H,17H2. The Balaban J connectivity index is 1.59. The minimum absolute atomic E-state index is 0.112. The highest BCUT2D eigenvalue weighted by atomic mass is 32.2. The van der Waals surface area contributed by atoms with Crippen LogP contribution in [-0.4, -0.2) is 15.0 Å². The molecule has 0 aliphatic heterocycles. The molecule has 0 radical (unpaired) electrons. The fraction of sp³-hybridized carbons (Fsp3) is 0.0833. The molecule has 28 heavy (non-hydrogen) atoms. The van der Waals surface area contributed by atoms with E-state index in [1.807, 2.05) is 30.0 Å². The molecule has 0 saturated carbocycles. The first-order valence-corrected chi connectivity index (χ1v) is 10.2. The van der Waals surface area contributed by atoms with E-state index in [2.05, 4.69) is 93.9 Å². The molecule has 136 valence electrons. The molecule has 0 aliphatic rings. The highest BCUT2D eigenvalue weighted by Gasteiger charge is 2.19. The monoisotopic (exact) mass is 381 g/mol. The number of para-hydroxylation sites is 1. The zero-order valence-corrected chi connectivity index (χ0v) is 16.1. The van der Waals surface area contributed by atoms with E-state index < -0.39 is 0 Å². The van der Waals surface area contributed by atoms with Crippen LogP contribution in [0.2, 0.25) is 0 Å². The lowest BCUT2D eigenvalue weighted by atomic mass is 10.1. The van der Waals surface area contributed by atoms with Crippen molar-refractivity contribution in [1.29, 1.82) is 0 Å². The SMILES string of the molecule is c1ccc(CC(Sc2cccc3ccccc23)n2nnc3ccccc32)cc1. The molecule has 4 heteroatoms. The summed E-state index contributed by atoms with van der Waals surface area (Å²) < 4.78 is 2.06. The predicted molar refractivity (Wildman–Crippen MR) is 117 cm³/mol. The van der Waals surface area contributed by atoms with E-state index in [0.717, 1.165) is 17.5 Å². The topological polar surface area (TPSA) is 30.7 Å². The van der Waals surface area contributed by atoms with Crippen molar-refractivity contribution in [2.45, 2.75) is 16.7 Å². The van der Waals surface area contributed by atoms with E-state index in [1.54, 1.807) is 0 Å². The van der Waals surface area contributed by atoms with Gasteiger partial charge in [-0.2, -0.15) is 0 Å². The van der Waals surface area contributed by atoms with Gasteiger partial charge in [-0.3, -0.25) is 0 Å². The van der Waals surface area contributed by atoms with Gasteiger partial charge in [0.25, 0.3) is 0 Å². The van der Waals surface area contributed by atoms with Gasteiger partial charge in [-0.05, 0) is 34.5 Å². The maximum absolute atomic E-state index is 4.51. The van der Waals surface area contributed by atoms with Crippen molar-refractivity contribution in [3.8, 4) is 0 Å². The van der Waals surface area contributed by atoms with E-state index in [9.17, 15) is 0 Å². The maximum Gasteiger partial charge on any atom is 0.113 e. The van der Waals surface area contributed by atoms with Crippen LogP contribution >= 0.6 is 11.8 Å². The summed E-state index contributed by atoms with van der Waals surface area (Å²) >= 11 is 1.85. The van der Waals surface area contributed by atoms with E-state index in [1.165, 1.54) is 21.2 Å². The van der Waals surface area contributed by atoms with E-state index in [0.29, 0.717) is 0 Å². The van der Waals surface area contributed by atoms with Crippen LogP contribution in [-0.2, 0) is 6.42 Å². The van der Waals surface area contributed by atoms with Crippen LogP contribution in [0.5, 0.6) is 0 Å². The molecule has 1 aromatic heterocycles. The summed E-state index contributed by atoms with van der Waals surface area (Å²) in [7, 11) is 0. The molecule has 1 unspecified atom stereocenters. The smallest absolute Gasteiger partial charge is 0.113 e. The van der Waals surface area contributed by atoms with E-state index >= 15 is 0 Å². The van der Waals surface area contributed by atoms with Gasteiger partial charge in [-0.1, -0.05) is 95.8 Å². The van der Waals surface area contributed by atoms with Crippen molar-refractivity contribution >= 4 is 33.6 Å². The first-order valence-electron chi connectivity index (χ1n) is 9.37. The minimum atomic E-state index is 0.112. The van der Waals surface area contributed by atoms with Crippen LogP contribution in [0.3, 0.4) is 0 Å². The molecular weight excluding hydrogens is 362 g/mol. The molecule has 0 saturated heterocycles. The maximum atomic E-state index is 4.51. The number of nitrogens with zero attached hydrogens (tertiary/aromatic N) is 3. The van der Waals surface area contributed by atoms with Crippen molar-refractivity contribution < 1.29 is 0 Å². The number of benzene rings is 4. The number of hydrogen-bond acceptors (Lipinski definition) is 3. The van der Waals surface area contributed by atoms with E-state index in [4.69, 9.17) is 0 Å². The fourth-order valence-corrected chi connectivity index (χ4v) is 4.83. The molecule has 3 nitrogen and oxygen atoms in total. The minimum Gasteiger partial charge on any atom is -0.231 e. The second-order valence-corrected chi connectivity index (χ2v) is 7.98. The van der Waals surface area contributed by atoms with Gasteiger partial charge in [0.05, 0.1) is 5.52 Å². The summed E-state index contributed by atoms with van der Waals surface area (Å²) in [6.45, 7) is 0. The van der Waals surface area contributed by atoms with Gasteiger partial charge in [0.15, 0.2) is 0 Å². The molecule has 0 aliphatic carbocycles. The van der Waals surface area contributed by atoms with Gasteiger partial charge < -0.3 is 0 Å². The van der Waals surface area contributed by atoms with Crippen LogP contribution < -0.4 is 0 Å². The molecule has 0 spiro atoms. The van der Waals surface area contributed by atoms with Crippen LogP contribution in [0.25, 0.3) is 21.8 Å². The largest absolute Gasteiger partial charge is 0.231 e. The van der Waals surface area contributed by atoms with Crippen LogP contribution in [0.4, 0.5) is 0 Å². The second kappa shape index (κ2) is 7.49. The Morgan fingerprint density at radius 2 is 1.50 bits per heavy atom. The van der Waals surface area contributed by atoms with Crippen LogP contribution in [0.15, 0.2) is 102 Å². The summed E-state index contributed by atoms with van der Waals surface area (Å²) in [5.74, 6) is 0. The van der Waals surface area contributed by atoms with Gasteiger partial charge in [-0.25, -0.2) is 4.68 Å². The molecule has 0 bridgehead atoms. The number of rotatable bonds is 5. The summed E-state index contributed by atoms with van der Waals surface area (Å²) in [6.07, 6.45) is 0.877. The van der Waals surface area contributed by atoms with Gasteiger partial charge in [0, 0.05) is 11.3 Å². The predicted octanol–water partition coefficient (Wildman–Crippen LogP) is 6.12. The summed E-state index contributed by atoms with van der Waals surface area (Å²) in [5.41, 5.74) is 3.29. The zero-order valence-electron chi connectivity index (χ0n) is 15.3. The molecule has 1 atom stereocenters. The molecular formula is C24H19N3S. The summed E-state index contributed by atoms with van der Waals surface area (Å²) in [4.78, 5) is 1.26. The van der Waals surface area contributed by atoms with Crippen molar-refractivity contribution in [1.82, 2.24) is 15.0 Å². The molecule has 0 fully saturated rings. The summed E-state index contributed by atoms with van der Waals surface area (Å²) in [6, 6.07) is 33.8. The van der Waals surface area contributed by atoms with Gasteiger partial charge in [0.2, 0.25) is 0 Å². The Hall–Kier alpha value is -3.11. The normalized spacial score (nSPS) is 12.4. The molecule has 5 aromatic rings. The third kappa shape index (κ3) is 3.27. The fourth-order valence-electron chi connectivity index (χ4n) is 3.54. The van der Waals surface area contributed by atoms with Crippen molar-refractivity contribution in [3.05, 3.63) is 103 Å². The molecule has 1 heterocycles. The Morgan fingerprint density at radius 3 is 2.43 bits per heavy atom. The lowest BCUT2D eigenvalue weighted by molar-refractivity contribution is 0.591. The van der Waals surface area contributed by atoms with Gasteiger partial charge in [-0.15, -0.1) is 5.10 Å². The first-order chi connectivity index (χ1) is 13.9. The third-order valence-electron chi connectivity index (χ3n) is 4.92. The lowest BCUT2D eigenvalue weighted by Gasteiger charge is -2.19. The number of fused-ring (bicyclic) bond motifs is 2. The zero-order chi connectivity index (χ0) is 18.8. The Kier molecular flexibility index (Phi) is 4.55. The first kappa shape index (κ1) is 17.0. The second-order valence-electron chi connectivity index (χ2n) is 6.76. The summed E-state index contributed by atoms with van der Waals surface area (Å²) in [5, 5.41) is 11.5. The molecule has 5 rings (SSSR count). The highest BCUT2D eigenvalue weighted by Crippen LogP contribution is 2.38. The number of aromatic nitrogens is 3. The van der Waals surface area contributed by atoms with Gasteiger partial charge in [0.1, 0.15) is 10.9 Å².